The molecule has 0 bridgehead atoms. The van der Waals surface area contributed by atoms with E-state index in [0.29, 0.717) is 30.8 Å². The molecule has 1 rings (SSSR count). The molecule has 1 unspecified atom stereocenters. The predicted molar refractivity (Wildman–Crippen MR) is 82.3 cm³/mol. The SMILES string of the molecule is CCC(NC(=O)CCCc1ccc(OC)c(OC)c1)C(=O)O. The van der Waals surface area contributed by atoms with Crippen LogP contribution in [0.15, 0.2) is 18.2 Å². The molecule has 0 aliphatic carbocycles. The molecule has 1 amide bonds. The van der Waals surface area contributed by atoms with Crippen molar-refractivity contribution in [3.63, 3.8) is 0 Å². The summed E-state index contributed by atoms with van der Waals surface area (Å²) < 4.78 is 10.4. The first-order chi connectivity index (χ1) is 10.5. The van der Waals surface area contributed by atoms with Gasteiger partial charge >= 0.3 is 5.97 Å². The summed E-state index contributed by atoms with van der Waals surface area (Å²) in [6, 6.07) is 4.81. The lowest BCUT2D eigenvalue weighted by atomic mass is 10.1. The highest BCUT2D eigenvalue weighted by molar-refractivity contribution is 5.83. The summed E-state index contributed by atoms with van der Waals surface area (Å²) in [5, 5.41) is 11.4. The largest absolute Gasteiger partial charge is 0.493 e. The van der Waals surface area contributed by atoms with Crippen LogP contribution >= 0.6 is 0 Å². The van der Waals surface area contributed by atoms with Gasteiger partial charge in [0.05, 0.1) is 14.2 Å². The Morgan fingerprint density at radius 3 is 2.45 bits per heavy atom. The van der Waals surface area contributed by atoms with Crippen LogP contribution in [-0.4, -0.2) is 37.2 Å². The van der Waals surface area contributed by atoms with Crippen LogP contribution in [0.5, 0.6) is 11.5 Å². The van der Waals surface area contributed by atoms with Crippen LogP contribution in [0.2, 0.25) is 0 Å². The highest BCUT2D eigenvalue weighted by Gasteiger charge is 2.17. The lowest BCUT2D eigenvalue weighted by Gasteiger charge is -2.12. The third kappa shape index (κ3) is 5.27. The number of ether oxygens (including phenoxy) is 2. The van der Waals surface area contributed by atoms with Gasteiger partial charge in [0.15, 0.2) is 11.5 Å². The second kappa shape index (κ2) is 8.92. The van der Waals surface area contributed by atoms with Crippen molar-refractivity contribution in [3.05, 3.63) is 23.8 Å². The van der Waals surface area contributed by atoms with E-state index in [1.54, 1.807) is 21.1 Å². The number of carbonyl (C=O) groups excluding carboxylic acids is 1. The number of hydrogen-bond donors (Lipinski definition) is 2. The summed E-state index contributed by atoms with van der Waals surface area (Å²) in [7, 11) is 3.15. The normalized spacial score (nSPS) is 11.6. The number of carbonyl (C=O) groups is 2. The molecule has 1 atom stereocenters. The Balaban J connectivity index is 2.47. The van der Waals surface area contributed by atoms with Gasteiger partial charge in [-0.1, -0.05) is 13.0 Å². The molecule has 0 saturated carbocycles. The number of carboxylic acids is 1. The van der Waals surface area contributed by atoms with E-state index in [-0.39, 0.29) is 12.3 Å². The molecule has 0 saturated heterocycles. The van der Waals surface area contributed by atoms with E-state index in [9.17, 15) is 9.59 Å². The van der Waals surface area contributed by atoms with Gasteiger partial charge in [-0.3, -0.25) is 4.79 Å². The molecule has 0 spiro atoms. The van der Waals surface area contributed by atoms with Crippen LogP contribution in [0.4, 0.5) is 0 Å². The van der Waals surface area contributed by atoms with Crippen molar-refractivity contribution >= 4 is 11.9 Å². The summed E-state index contributed by atoms with van der Waals surface area (Å²) in [6.45, 7) is 1.72. The molecule has 0 radical (unpaired) electrons. The third-order valence-corrected chi connectivity index (χ3v) is 3.36. The summed E-state index contributed by atoms with van der Waals surface area (Å²) in [4.78, 5) is 22.6. The fraction of sp³-hybridized carbons (Fsp3) is 0.500. The Labute approximate surface area is 130 Å². The lowest BCUT2D eigenvalue weighted by molar-refractivity contribution is -0.141. The number of hydrogen-bond acceptors (Lipinski definition) is 4. The summed E-state index contributed by atoms with van der Waals surface area (Å²) in [6.07, 6.45) is 2.00. The van der Waals surface area contributed by atoms with E-state index in [1.165, 1.54) is 0 Å². The molecule has 6 nitrogen and oxygen atoms in total. The van der Waals surface area contributed by atoms with Crippen LogP contribution in [0, 0.1) is 0 Å². The van der Waals surface area contributed by atoms with E-state index < -0.39 is 12.0 Å². The Morgan fingerprint density at radius 2 is 1.91 bits per heavy atom. The molecular weight excluding hydrogens is 286 g/mol. The fourth-order valence-corrected chi connectivity index (χ4v) is 2.09. The zero-order valence-corrected chi connectivity index (χ0v) is 13.2. The van der Waals surface area contributed by atoms with Crippen molar-refractivity contribution in [2.45, 2.75) is 38.6 Å². The minimum absolute atomic E-state index is 0.241. The average molecular weight is 309 g/mol. The van der Waals surface area contributed by atoms with Crippen molar-refractivity contribution in [3.8, 4) is 11.5 Å². The average Bonchev–Trinajstić information content (AvgIpc) is 2.52. The minimum Gasteiger partial charge on any atom is -0.493 e. The third-order valence-electron chi connectivity index (χ3n) is 3.36. The number of aryl methyl sites for hydroxylation is 1. The molecule has 0 aromatic heterocycles. The Kier molecular flexibility index (Phi) is 7.22. The van der Waals surface area contributed by atoms with Gasteiger partial charge in [-0.15, -0.1) is 0 Å². The van der Waals surface area contributed by atoms with Gasteiger partial charge in [0.2, 0.25) is 5.91 Å². The highest BCUT2D eigenvalue weighted by Crippen LogP contribution is 2.28. The van der Waals surface area contributed by atoms with Gasteiger partial charge in [-0.25, -0.2) is 4.79 Å². The molecule has 1 aromatic carbocycles. The molecule has 6 heteroatoms. The van der Waals surface area contributed by atoms with E-state index in [1.807, 2.05) is 18.2 Å². The smallest absolute Gasteiger partial charge is 0.326 e. The zero-order chi connectivity index (χ0) is 16.5. The first-order valence-electron chi connectivity index (χ1n) is 7.24. The molecule has 0 heterocycles. The van der Waals surface area contributed by atoms with Crippen molar-refractivity contribution in [1.82, 2.24) is 5.32 Å². The number of benzene rings is 1. The standard InChI is InChI=1S/C16H23NO5/c1-4-12(16(19)20)17-15(18)7-5-6-11-8-9-13(21-2)14(10-11)22-3/h8-10,12H,4-7H2,1-3H3,(H,17,18)(H,19,20). The topological polar surface area (TPSA) is 84.9 Å². The van der Waals surface area contributed by atoms with Crippen molar-refractivity contribution < 1.29 is 24.2 Å². The van der Waals surface area contributed by atoms with Gasteiger partial charge in [0, 0.05) is 6.42 Å². The first-order valence-corrected chi connectivity index (χ1v) is 7.24. The maximum absolute atomic E-state index is 11.7. The Hall–Kier alpha value is -2.24. The maximum atomic E-state index is 11.7. The second-order valence-corrected chi connectivity index (χ2v) is 4.91. The number of amides is 1. The van der Waals surface area contributed by atoms with Crippen LogP contribution < -0.4 is 14.8 Å². The van der Waals surface area contributed by atoms with Crippen LogP contribution in [0.1, 0.15) is 31.7 Å². The van der Waals surface area contributed by atoms with Crippen LogP contribution in [-0.2, 0) is 16.0 Å². The highest BCUT2D eigenvalue weighted by atomic mass is 16.5. The summed E-state index contributed by atoms with van der Waals surface area (Å²) in [5.74, 6) is 0.0723. The fourth-order valence-electron chi connectivity index (χ4n) is 2.09. The number of rotatable bonds is 9. The molecule has 2 N–H and O–H groups in total. The van der Waals surface area contributed by atoms with Gasteiger partial charge in [0.1, 0.15) is 6.04 Å². The second-order valence-electron chi connectivity index (χ2n) is 4.91. The number of aliphatic carboxylic acids is 1. The molecule has 0 aliphatic rings. The molecule has 1 aromatic rings. The van der Waals surface area contributed by atoms with E-state index in [0.717, 1.165) is 5.56 Å². The molecule has 122 valence electrons. The maximum Gasteiger partial charge on any atom is 0.326 e. The van der Waals surface area contributed by atoms with Gasteiger partial charge in [-0.05, 0) is 37.0 Å². The number of nitrogens with one attached hydrogen (secondary N) is 1. The minimum atomic E-state index is -1.00. The molecular formula is C16H23NO5. The number of methoxy groups -OCH3 is 2. The monoisotopic (exact) mass is 309 g/mol. The molecule has 0 fully saturated rings. The van der Waals surface area contributed by atoms with Crippen molar-refractivity contribution in [2.24, 2.45) is 0 Å². The van der Waals surface area contributed by atoms with Crippen LogP contribution in [0.3, 0.4) is 0 Å². The van der Waals surface area contributed by atoms with Gasteiger partial charge < -0.3 is 19.9 Å². The van der Waals surface area contributed by atoms with Crippen molar-refractivity contribution in [2.75, 3.05) is 14.2 Å². The van der Waals surface area contributed by atoms with E-state index in [4.69, 9.17) is 14.6 Å². The predicted octanol–water partition coefficient (Wildman–Crippen LogP) is 2.01. The van der Waals surface area contributed by atoms with Crippen molar-refractivity contribution in [1.29, 1.82) is 0 Å². The lowest BCUT2D eigenvalue weighted by Crippen LogP contribution is -2.40. The van der Waals surface area contributed by atoms with E-state index >= 15 is 0 Å². The van der Waals surface area contributed by atoms with Gasteiger partial charge in [-0.2, -0.15) is 0 Å². The van der Waals surface area contributed by atoms with Crippen LogP contribution in [0.25, 0.3) is 0 Å². The molecule has 0 aliphatic heterocycles. The van der Waals surface area contributed by atoms with E-state index in [2.05, 4.69) is 5.32 Å². The zero-order valence-electron chi connectivity index (χ0n) is 13.2. The summed E-state index contributed by atoms with van der Waals surface area (Å²) >= 11 is 0. The molecule has 22 heavy (non-hydrogen) atoms. The summed E-state index contributed by atoms with van der Waals surface area (Å²) in [5.41, 5.74) is 1.04. The first kappa shape index (κ1) is 17.8. The number of carboxylic acid groups (broad SMARTS) is 1. The van der Waals surface area contributed by atoms with Gasteiger partial charge in [0.25, 0.3) is 0 Å². The Bertz CT molecular complexity index is 515. The quantitative estimate of drug-likeness (QED) is 0.729. The Morgan fingerprint density at radius 1 is 1.23 bits per heavy atom.